The number of rotatable bonds is 3. The number of hydrogen-bond acceptors (Lipinski definition) is 3. The van der Waals surface area contributed by atoms with Gasteiger partial charge in [-0.1, -0.05) is 19.3 Å². The topological polar surface area (TPSA) is 47.1 Å². The largest absolute Gasteiger partial charge is 0.342 e. The lowest BCUT2D eigenvalue weighted by Crippen LogP contribution is -2.41. The number of aromatic nitrogens is 2. The van der Waals surface area contributed by atoms with Gasteiger partial charge in [-0.05, 0) is 38.5 Å². The van der Waals surface area contributed by atoms with E-state index < -0.39 is 0 Å². The van der Waals surface area contributed by atoms with Crippen LogP contribution in [0.2, 0.25) is 0 Å². The molecule has 1 aliphatic carbocycles. The Bertz CT molecular complexity index is 412. The van der Waals surface area contributed by atoms with E-state index >= 15 is 0 Å². The lowest BCUT2D eigenvalue weighted by molar-refractivity contribution is 0.333. The van der Waals surface area contributed by atoms with Gasteiger partial charge in [-0.15, -0.1) is 0 Å². The molecule has 0 aromatic carbocycles. The molecule has 1 saturated carbocycles. The average Bonchev–Trinajstić information content (AvgIpc) is 2.97. The molecule has 2 fully saturated rings. The highest BCUT2D eigenvalue weighted by molar-refractivity contribution is 5.32. The van der Waals surface area contributed by atoms with E-state index in [1.54, 1.807) is 0 Å². The Balaban J connectivity index is 1.67. The molecule has 1 saturated heterocycles. The highest BCUT2D eigenvalue weighted by Gasteiger charge is 2.26. The van der Waals surface area contributed by atoms with Gasteiger partial charge < -0.3 is 15.2 Å². The first kappa shape index (κ1) is 13.9. The number of imidazole rings is 1. The maximum Gasteiger partial charge on any atom is 0.205 e. The summed E-state index contributed by atoms with van der Waals surface area (Å²) in [4.78, 5) is 7.11. The third-order valence-corrected chi connectivity index (χ3v) is 5.18. The zero-order chi connectivity index (χ0) is 13.9. The normalized spacial score (nSPS) is 24.0. The lowest BCUT2D eigenvalue weighted by atomic mass is 9.91. The lowest BCUT2D eigenvalue weighted by Gasteiger charge is -2.36. The Morgan fingerprint density at radius 2 is 1.85 bits per heavy atom. The van der Waals surface area contributed by atoms with E-state index in [2.05, 4.69) is 27.6 Å². The van der Waals surface area contributed by atoms with Crippen molar-refractivity contribution in [2.75, 3.05) is 18.0 Å². The minimum absolute atomic E-state index is 0.329. The fraction of sp³-hybridized carbons (Fsp3) is 0.812. The monoisotopic (exact) mass is 276 g/mol. The number of nitrogens with zero attached hydrogens (tertiary/aromatic N) is 3. The summed E-state index contributed by atoms with van der Waals surface area (Å²) in [6, 6.07) is 1.00. The zero-order valence-corrected chi connectivity index (χ0v) is 12.7. The highest BCUT2D eigenvalue weighted by Crippen LogP contribution is 2.32. The molecule has 1 aliphatic heterocycles. The summed E-state index contributed by atoms with van der Waals surface area (Å²) in [5, 5.41) is 0. The van der Waals surface area contributed by atoms with Crippen LogP contribution >= 0.6 is 0 Å². The van der Waals surface area contributed by atoms with E-state index in [1.165, 1.54) is 50.9 Å². The molecular formula is C16H28N4. The van der Waals surface area contributed by atoms with Gasteiger partial charge in [0.1, 0.15) is 0 Å². The van der Waals surface area contributed by atoms with E-state index in [9.17, 15) is 0 Å². The van der Waals surface area contributed by atoms with Crippen LogP contribution in [0.15, 0.2) is 12.4 Å². The first-order valence-corrected chi connectivity index (χ1v) is 8.29. The van der Waals surface area contributed by atoms with Crippen molar-refractivity contribution in [3.8, 4) is 0 Å². The van der Waals surface area contributed by atoms with Gasteiger partial charge >= 0.3 is 0 Å². The van der Waals surface area contributed by atoms with Crippen LogP contribution in [0.4, 0.5) is 5.95 Å². The SMILES string of the molecule is CC(N)C1CCN(c2nccn2C2CCCCC2)CC1. The molecule has 20 heavy (non-hydrogen) atoms. The molecule has 112 valence electrons. The quantitative estimate of drug-likeness (QED) is 0.923. The summed E-state index contributed by atoms with van der Waals surface area (Å²) in [6.45, 7) is 4.36. The van der Waals surface area contributed by atoms with Crippen molar-refractivity contribution in [1.82, 2.24) is 9.55 Å². The molecule has 2 heterocycles. The molecule has 1 unspecified atom stereocenters. The number of anilines is 1. The van der Waals surface area contributed by atoms with E-state index in [0.29, 0.717) is 18.0 Å². The van der Waals surface area contributed by atoms with Gasteiger partial charge in [-0.3, -0.25) is 0 Å². The van der Waals surface area contributed by atoms with Crippen molar-refractivity contribution in [1.29, 1.82) is 0 Å². The molecule has 0 radical (unpaired) electrons. The van der Waals surface area contributed by atoms with Crippen molar-refractivity contribution < 1.29 is 0 Å². The molecule has 4 nitrogen and oxygen atoms in total. The first-order valence-electron chi connectivity index (χ1n) is 8.29. The molecule has 0 spiro atoms. The molecular weight excluding hydrogens is 248 g/mol. The second-order valence-corrected chi connectivity index (χ2v) is 6.61. The molecule has 2 N–H and O–H groups in total. The summed E-state index contributed by atoms with van der Waals surface area (Å²) in [5.74, 6) is 1.88. The van der Waals surface area contributed by atoms with Crippen molar-refractivity contribution in [3.05, 3.63) is 12.4 Å². The van der Waals surface area contributed by atoms with Crippen LogP contribution in [0.5, 0.6) is 0 Å². The van der Waals surface area contributed by atoms with Crippen LogP contribution in [-0.4, -0.2) is 28.7 Å². The van der Waals surface area contributed by atoms with Gasteiger partial charge in [-0.2, -0.15) is 0 Å². The summed E-state index contributed by atoms with van der Waals surface area (Å²) >= 11 is 0. The Morgan fingerprint density at radius 3 is 2.50 bits per heavy atom. The zero-order valence-electron chi connectivity index (χ0n) is 12.7. The predicted molar refractivity (Wildman–Crippen MR) is 82.9 cm³/mol. The summed E-state index contributed by atoms with van der Waals surface area (Å²) in [5.41, 5.74) is 6.04. The molecule has 1 atom stereocenters. The molecule has 0 amide bonds. The minimum atomic E-state index is 0.329. The van der Waals surface area contributed by atoms with Crippen molar-refractivity contribution >= 4 is 5.95 Å². The van der Waals surface area contributed by atoms with Gasteiger partial charge in [0.25, 0.3) is 0 Å². The van der Waals surface area contributed by atoms with Gasteiger partial charge in [0, 0.05) is 37.6 Å². The van der Waals surface area contributed by atoms with Gasteiger partial charge in [0.2, 0.25) is 5.95 Å². The molecule has 4 heteroatoms. The Morgan fingerprint density at radius 1 is 1.15 bits per heavy atom. The van der Waals surface area contributed by atoms with Crippen LogP contribution < -0.4 is 10.6 Å². The molecule has 1 aromatic heterocycles. The van der Waals surface area contributed by atoms with Crippen LogP contribution in [0.3, 0.4) is 0 Å². The molecule has 1 aromatic rings. The predicted octanol–water partition coefficient (Wildman–Crippen LogP) is 2.95. The number of nitrogens with two attached hydrogens (primary N) is 1. The van der Waals surface area contributed by atoms with E-state index in [-0.39, 0.29) is 0 Å². The van der Waals surface area contributed by atoms with Gasteiger partial charge in [-0.25, -0.2) is 4.98 Å². The van der Waals surface area contributed by atoms with Crippen LogP contribution in [0, 0.1) is 5.92 Å². The third kappa shape index (κ3) is 2.85. The Labute approximate surface area is 122 Å². The first-order chi connectivity index (χ1) is 9.75. The van der Waals surface area contributed by atoms with E-state index in [4.69, 9.17) is 5.73 Å². The highest BCUT2D eigenvalue weighted by atomic mass is 15.3. The van der Waals surface area contributed by atoms with E-state index in [0.717, 1.165) is 13.1 Å². The maximum atomic E-state index is 6.04. The number of piperidine rings is 1. The van der Waals surface area contributed by atoms with Crippen molar-refractivity contribution in [3.63, 3.8) is 0 Å². The summed E-state index contributed by atoms with van der Waals surface area (Å²) in [6.07, 6.45) is 13.3. The summed E-state index contributed by atoms with van der Waals surface area (Å²) < 4.78 is 2.44. The standard InChI is InChI=1S/C16H28N4/c1-13(17)14-7-10-19(11-8-14)16-18-9-12-20(16)15-5-3-2-4-6-15/h9,12-15H,2-8,10-11,17H2,1H3. The number of hydrogen-bond donors (Lipinski definition) is 1. The molecule has 0 bridgehead atoms. The minimum Gasteiger partial charge on any atom is -0.342 e. The second kappa shape index (κ2) is 6.17. The van der Waals surface area contributed by atoms with E-state index in [1.807, 2.05) is 6.20 Å². The Kier molecular flexibility index (Phi) is 4.29. The van der Waals surface area contributed by atoms with Crippen LogP contribution in [-0.2, 0) is 0 Å². The summed E-state index contributed by atoms with van der Waals surface area (Å²) in [7, 11) is 0. The van der Waals surface area contributed by atoms with Gasteiger partial charge in [0.05, 0.1) is 0 Å². The maximum absolute atomic E-state index is 6.04. The third-order valence-electron chi connectivity index (χ3n) is 5.18. The second-order valence-electron chi connectivity index (χ2n) is 6.61. The van der Waals surface area contributed by atoms with Crippen molar-refractivity contribution in [2.45, 2.75) is 64.0 Å². The van der Waals surface area contributed by atoms with Crippen LogP contribution in [0.1, 0.15) is 57.9 Å². The fourth-order valence-corrected chi connectivity index (χ4v) is 3.82. The average molecular weight is 276 g/mol. The molecule has 2 aliphatic rings. The van der Waals surface area contributed by atoms with Crippen molar-refractivity contribution in [2.24, 2.45) is 11.7 Å². The fourth-order valence-electron chi connectivity index (χ4n) is 3.82. The smallest absolute Gasteiger partial charge is 0.205 e. The molecule has 3 rings (SSSR count). The van der Waals surface area contributed by atoms with Crippen LogP contribution in [0.25, 0.3) is 0 Å². The Hall–Kier alpha value is -1.03. The van der Waals surface area contributed by atoms with Gasteiger partial charge in [0.15, 0.2) is 0 Å².